The Kier molecular flexibility index (Phi) is 4.08. The Balaban J connectivity index is 1.63. The number of anilines is 1. The summed E-state index contributed by atoms with van der Waals surface area (Å²) in [5.41, 5.74) is 2.52. The van der Waals surface area contributed by atoms with E-state index in [0.29, 0.717) is 18.7 Å². The highest BCUT2D eigenvalue weighted by Gasteiger charge is 2.25. The second kappa shape index (κ2) is 6.42. The van der Waals surface area contributed by atoms with Gasteiger partial charge in [-0.1, -0.05) is 30.3 Å². The van der Waals surface area contributed by atoms with E-state index in [2.05, 4.69) is 10.2 Å². The van der Waals surface area contributed by atoms with Gasteiger partial charge in [-0.05, 0) is 35.9 Å². The number of fused-ring (bicyclic) bond motifs is 1. The Morgan fingerprint density at radius 1 is 1.00 bits per heavy atom. The van der Waals surface area contributed by atoms with Gasteiger partial charge in [0.25, 0.3) is 10.0 Å². The van der Waals surface area contributed by atoms with Crippen molar-refractivity contribution < 1.29 is 13.2 Å². The molecule has 0 saturated heterocycles. The fourth-order valence-corrected chi connectivity index (χ4v) is 4.05. The topological polar surface area (TPSA) is 72.4 Å². The maximum Gasteiger partial charge on any atom is 0.265 e. The van der Waals surface area contributed by atoms with Crippen LogP contribution in [0.15, 0.2) is 65.6 Å². The van der Waals surface area contributed by atoms with Gasteiger partial charge in [0.05, 0.1) is 17.2 Å². The molecule has 0 unspecified atom stereocenters. The molecule has 1 aliphatic heterocycles. The van der Waals surface area contributed by atoms with Crippen molar-refractivity contribution in [2.24, 2.45) is 0 Å². The highest BCUT2D eigenvalue weighted by atomic mass is 32.2. The molecule has 0 saturated carbocycles. The second-order valence-electron chi connectivity index (χ2n) is 5.98. The van der Waals surface area contributed by atoms with Gasteiger partial charge in [-0.3, -0.25) is 4.31 Å². The Morgan fingerprint density at radius 3 is 2.54 bits per heavy atom. The van der Waals surface area contributed by atoms with Crippen LogP contribution in [0.3, 0.4) is 0 Å². The summed E-state index contributed by atoms with van der Waals surface area (Å²) in [7, 11) is -2.24. The monoisotopic (exact) mass is 367 g/mol. The Labute approximate surface area is 152 Å². The predicted molar refractivity (Wildman–Crippen MR) is 98.7 cm³/mol. The molecule has 2 aromatic carbocycles. The molecule has 0 radical (unpaired) electrons. The molecule has 2 heterocycles. The van der Waals surface area contributed by atoms with E-state index in [1.165, 1.54) is 7.05 Å². The molecular weight excluding hydrogens is 350 g/mol. The van der Waals surface area contributed by atoms with E-state index in [4.69, 9.17) is 4.74 Å². The zero-order chi connectivity index (χ0) is 18.1. The lowest BCUT2D eigenvalue weighted by molar-refractivity contribution is 0.356. The van der Waals surface area contributed by atoms with Crippen LogP contribution in [-0.2, 0) is 16.4 Å². The fourth-order valence-electron chi connectivity index (χ4n) is 2.86. The first-order valence-corrected chi connectivity index (χ1v) is 9.63. The van der Waals surface area contributed by atoms with Gasteiger partial charge in [-0.25, -0.2) is 8.42 Å². The van der Waals surface area contributed by atoms with Crippen LogP contribution in [0.4, 0.5) is 5.82 Å². The Hall–Kier alpha value is -2.93. The first kappa shape index (κ1) is 16.5. The number of sulfonamides is 1. The number of hydrogen-bond donors (Lipinski definition) is 0. The zero-order valence-electron chi connectivity index (χ0n) is 14.2. The van der Waals surface area contributed by atoms with Gasteiger partial charge in [0.2, 0.25) is 0 Å². The van der Waals surface area contributed by atoms with E-state index in [1.807, 2.05) is 30.3 Å². The molecule has 0 bridgehead atoms. The van der Waals surface area contributed by atoms with Crippen molar-refractivity contribution in [3.8, 4) is 17.0 Å². The Morgan fingerprint density at radius 2 is 1.81 bits per heavy atom. The van der Waals surface area contributed by atoms with Crippen LogP contribution < -0.4 is 9.04 Å². The smallest absolute Gasteiger partial charge is 0.265 e. The number of ether oxygens (including phenoxy) is 1. The quantitative estimate of drug-likeness (QED) is 0.709. The normalized spacial score (nSPS) is 13.1. The van der Waals surface area contributed by atoms with Crippen molar-refractivity contribution in [2.45, 2.75) is 11.3 Å². The lowest BCUT2D eigenvalue weighted by atomic mass is 10.1. The first-order chi connectivity index (χ1) is 12.6. The van der Waals surface area contributed by atoms with Gasteiger partial charge in [0.15, 0.2) is 5.82 Å². The van der Waals surface area contributed by atoms with E-state index >= 15 is 0 Å². The van der Waals surface area contributed by atoms with Crippen molar-refractivity contribution in [3.63, 3.8) is 0 Å². The van der Waals surface area contributed by atoms with Gasteiger partial charge in [0, 0.05) is 19.0 Å². The molecule has 26 heavy (non-hydrogen) atoms. The highest BCUT2D eigenvalue weighted by molar-refractivity contribution is 7.92. The summed E-state index contributed by atoms with van der Waals surface area (Å²) in [5.74, 6) is 1.01. The van der Waals surface area contributed by atoms with Crippen molar-refractivity contribution >= 4 is 15.8 Å². The molecule has 132 valence electrons. The molecule has 0 spiro atoms. The molecule has 1 aromatic heterocycles. The molecule has 1 aliphatic rings. The van der Waals surface area contributed by atoms with Crippen LogP contribution in [0.1, 0.15) is 5.56 Å². The summed E-state index contributed by atoms with van der Waals surface area (Å²) in [4.78, 5) is 0.221. The first-order valence-electron chi connectivity index (χ1n) is 8.19. The summed E-state index contributed by atoms with van der Waals surface area (Å²) in [6.45, 7) is 0.584. The molecule has 4 rings (SSSR count). The minimum atomic E-state index is -3.72. The maximum absolute atomic E-state index is 12.9. The fraction of sp³-hybridized carbons (Fsp3) is 0.158. The average molecular weight is 367 g/mol. The molecular formula is C19H17N3O3S. The number of rotatable bonds is 4. The number of aromatic nitrogens is 2. The van der Waals surface area contributed by atoms with Gasteiger partial charge in [0.1, 0.15) is 5.75 Å². The van der Waals surface area contributed by atoms with E-state index in [1.54, 1.807) is 30.3 Å². The van der Waals surface area contributed by atoms with Crippen molar-refractivity contribution in [3.05, 3.63) is 66.2 Å². The summed E-state index contributed by atoms with van der Waals surface area (Å²) in [6.07, 6.45) is 0.716. The van der Waals surface area contributed by atoms with Crippen molar-refractivity contribution in [1.29, 1.82) is 0 Å². The molecule has 0 fully saturated rings. The zero-order valence-corrected chi connectivity index (χ0v) is 15.0. The lowest BCUT2D eigenvalue weighted by Gasteiger charge is -2.18. The molecule has 0 atom stereocenters. The molecule has 3 aromatic rings. The van der Waals surface area contributed by atoms with Crippen molar-refractivity contribution in [2.75, 3.05) is 18.0 Å². The van der Waals surface area contributed by atoms with Crippen LogP contribution in [0, 0.1) is 0 Å². The summed E-state index contributed by atoms with van der Waals surface area (Å²) in [5, 5.41) is 8.25. The number of hydrogen-bond acceptors (Lipinski definition) is 5. The highest BCUT2D eigenvalue weighted by Crippen LogP contribution is 2.29. The number of benzene rings is 2. The minimum Gasteiger partial charge on any atom is -0.493 e. The van der Waals surface area contributed by atoms with E-state index in [-0.39, 0.29) is 10.7 Å². The third-order valence-electron chi connectivity index (χ3n) is 4.36. The lowest BCUT2D eigenvalue weighted by Crippen LogP contribution is -2.27. The molecule has 0 N–H and O–H groups in total. The minimum absolute atomic E-state index is 0.221. The summed E-state index contributed by atoms with van der Waals surface area (Å²) < 4.78 is 32.4. The van der Waals surface area contributed by atoms with Gasteiger partial charge >= 0.3 is 0 Å². The average Bonchev–Trinajstić information content (AvgIpc) is 3.16. The SMILES string of the molecule is CN(c1ccc(-c2ccccc2)nn1)S(=O)(=O)c1ccc2c(c1)CCO2. The molecule has 0 aliphatic carbocycles. The second-order valence-corrected chi connectivity index (χ2v) is 7.95. The van der Waals surface area contributed by atoms with Crippen LogP contribution >= 0.6 is 0 Å². The predicted octanol–water partition coefficient (Wildman–Crippen LogP) is 2.90. The number of nitrogens with zero attached hydrogens (tertiary/aromatic N) is 3. The Bertz CT molecular complexity index is 1040. The summed E-state index contributed by atoms with van der Waals surface area (Å²) >= 11 is 0. The standard InChI is InChI=1S/C19H17N3O3S/c1-22(19-10-8-17(20-21-19)14-5-3-2-4-6-14)26(23,24)16-7-9-18-15(13-16)11-12-25-18/h2-10,13H,11-12H2,1H3. The third-order valence-corrected chi connectivity index (χ3v) is 6.12. The third kappa shape index (κ3) is 2.90. The van der Waals surface area contributed by atoms with E-state index < -0.39 is 10.0 Å². The summed E-state index contributed by atoms with van der Waals surface area (Å²) in [6, 6.07) is 18.0. The molecule has 0 amide bonds. The molecule has 7 heteroatoms. The molecule has 6 nitrogen and oxygen atoms in total. The van der Waals surface area contributed by atoms with Crippen LogP contribution in [0.2, 0.25) is 0 Å². The van der Waals surface area contributed by atoms with Crippen LogP contribution in [0.5, 0.6) is 5.75 Å². The van der Waals surface area contributed by atoms with Crippen LogP contribution in [0.25, 0.3) is 11.3 Å². The van der Waals surface area contributed by atoms with Crippen LogP contribution in [-0.4, -0.2) is 32.3 Å². The van der Waals surface area contributed by atoms with E-state index in [0.717, 1.165) is 21.2 Å². The van der Waals surface area contributed by atoms with Gasteiger partial charge in [-0.2, -0.15) is 0 Å². The van der Waals surface area contributed by atoms with Gasteiger partial charge in [-0.15, -0.1) is 10.2 Å². The van der Waals surface area contributed by atoms with Crippen molar-refractivity contribution in [1.82, 2.24) is 10.2 Å². The maximum atomic E-state index is 12.9. The van der Waals surface area contributed by atoms with E-state index in [9.17, 15) is 8.42 Å². The van der Waals surface area contributed by atoms with Gasteiger partial charge < -0.3 is 4.74 Å². The largest absolute Gasteiger partial charge is 0.493 e.